The number of carbonyl (C=O) groups excluding carboxylic acids is 1. The lowest BCUT2D eigenvalue weighted by Gasteiger charge is -2.24. The van der Waals surface area contributed by atoms with E-state index in [2.05, 4.69) is 0 Å². The van der Waals surface area contributed by atoms with Gasteiger partial charge in [-0.1, -0.05) is 0 Å². The molecule has 0 spiro atoms. The lowest BCUT2D eigenvalue weighted by atomic mass is 10.3. The number of nitrogen functional groups attached to an aromatic ring is 1. The monoisotopic (exact) mass is 289 g/mol. The third-order valence-electron chi connectivity index (χ3n) is 2.39. The van der Waals surface area contributed by atoms with Gasteiger partial charge in [-0.3, -0.25) is 4.79 Å². The normalized spacial score (nSPS) is 12.1. The lowest BCUT2D eigenvalue weighted by Crippen LogP contribution is -2.42. The van der Waals surface area contributed by atoms with Crippen molar-refractivity contribution in [1.29, 1.82) is 0 Å². The number of hydrogen-bond acceptors (Lipinski definition) is 4. The maximum Gasteiger partial charge on any atom is 0.243 e. The number of rotatable bonds is 5. The summed E-state index contributed by atoms with van der Waals surface area (Å²) < 4.78 is 38.7. The Bertz CT molecular complexity index is 567. The van der Waals surface area contributed by atoms with Gasteiger partial charge in [0.05, 0.1) is 11.4 Å². The molecule has 0 bridgehead atoms. The van der Waals surface area contributed by atoms with Crippen LogP contribution in [0.1, 0.15) is 13.8 Å². The fourth-order valence-corrected chi connectivity index (χ4v) is 3.24. The van der Waals surface area contributed by atoms with Gasteiger partial charge in [-0.2, -0.15) is 4.31 Å². The number of amides is 1. The fourth-order valence-electron chi connectivity index (χ4n) is 1.57. The van der Waals surface area contributed by atoms with Crippen molar-refractivity contribution in [3.05, 3.63) is 24.0 Å². The number of nitrogens with zero attached hydrogens (tertiary/aromatic N) is 1. The third kappa shape index (κ3) is 3.65. The van der Waals surface area contributed by atoms with Crippen LogP contribution in [-0.4, -0.2) is 31.2 Å². The molecule has 1 amide bonds. The first-order valence-electron chi connectivity index (χ1n) is 5.51. The summed E-state index contributed by atoms with van der Waals surface area (Å²) in [6.45, 7) is 2.70. The zero-order valence-electron chi connectivity index (χ0n) is 10.6. The molecule has 0 heterocycles. The van der Waals surface area contributed by atoms with Crippen LogP contribution in [0.4, 0.5) is 10.1 Å². The number of halogens is 1. The molecular weight excluding hydrogens is 273 g/mol. The average molecular weight is 289 g/mol. The van der Waals surface area contributed by atoms with Crippen molar-refractivity contribution in [2.24, 2.45) is 5.73 Å². The molecule has 1 aromatic rings. The van der Waals surface area contributed by atoms with Gasteiger partial charge in [0.2, 0.25) is 15.9 Å². The van der Waals surface area contributed by atoms with Gasteiger partial charge in [0.25, 0.3) is 0 Å². The largest absolute Gasteiger partial charge is 0.399 e. The molecule has 0 unspecified atom stereocenters. The van der Waals surface area contributed by atoms with E-state index in [1.54, 1.807) is 13.8 Å². The number of anilines is 1. The average Bonchev–Trinajstić information content (AvgIpc) is 2.23. The second-order valence-electron chi connectivity index (χ2n) is 4.33. The highest BCUT2D eigenvalue weighted by Crippen LogP contribution is 2.21. The highest BCUT2D eigenvalue weighted by Gasteiger charge is 2.29. The van der Waals surface area contributed by atoms with Gasteiger partial charge in [-0.15, -0.1) is 0 Å². The van der Waals surface area contributed by atoms with Crippen LogP contribution in [0.15, 0.2) is 23.1 Å². The molecule has 0 aliphatic rings. The second-order valence-corrected chi connectivity index (χ2v) is 6.22. The van der Waals surface area contributed by atoms with Crippen LogP contribution in [0, 0.1) is 5.82 Å². The van der Waals surface area contributed by atoms with E-state index >= 15 is 0 Å². The van der Waals surface area contributed by atoms with Gasteiger partial charge in [-0.05, 0) is 32.0 Å². The zero-order chi connectivity index (χ0) is 14.8. The van der Waals surface area contributed by atoms with Gasteiger partial charge in [0, 0.05) is 11.7 Å². The van der Waals surface area contributed by atoms with Gasteiger partial charge in [-0.25, -0.2) is 12.8 Å². The van der Waals surface area contributed by atoms with Crippen LogP contribution >= 0.6 is 0 Å². The molecule has 6 nitrogen and oxygen atoms in total. The summed E-state index contributed by atoms with van der Waals surface area (Å²) in [5, 5.41) is 0. The van der Waals surface area contributed by atoms with E-state index in [1.807, 2.05) is 0 Å². The zero-order valence-corrected chi connectivity index (χ0v) is 11.4. The Labute approximate surface area is 111 Å². The summed E-state index contributed by atoms with van der Waals surface area (Å²) in [5.74, 6) is -1.55. The molecule has 19 heavy (non-hydrogen) atoms. The highest BCUT2D eigenvalue weighted by atomic mass is 32.2. The first kappa shape index (κ1) is 15.4. The summed E-state index contributed by atoms with van der Waals surface area (Å²) in [5.41, 5.74) is 10.4. The van der Waals surface area contributed by atoms with E-state index < -0.39 is 34.3 Å². The van der Waals surface area contributed by atoms with Crippen LogP contribution in [0.5, 0.6) is 0 Å². The number of benzene rings is 1. The third-order valence-corrected chi connectivity index (χ3v) is 4.39. The molecule has 0 fully saturated rings. The molecule has 1 aromatic carbocycles. The van der Waals surface area contributed by atoms with E-state index in [-0.39, 0.29) is 10.6 Å². The van der Waals surface area contributed by atoms with Crippen LogP contribution < -0.4 is 11.5 Å². The van der Waals surface area contributed by atoms with Gasteiger partial charge < -0.3 is 11.5 Å². The van der Waals surface area contributed by atoms with Crippen molar-refractivity contribution >= 4 is 21.6 Å². The molecule has 0 aliphatic carbocycles. The summed E-state index contributed by atoms with van der Waals surface area (Å²) >= 11 is 0. The minimum Gasteiger partial charge on any atom is -0.399 e. The number of nitrogens with two attached hydrogens (primary N) is 2. The predicted molar refractivity (Wildman–Crippen MR) is 69.0 cm³/mol. The van der Waals surface area contributed by atoms with Crippen LogP contribution in [0.2, 0.25) is 0 Å². The van der Waals surface area contributed by atoms with Crippen molar-refractivity contribution in [3.8, 4) is 0 Å². The highest BCUT2D eigenvalue weighted by molar-refractivity contribution is 7.89. The van der Waals surface area contributed by atoms with Gasteiger partial charge >= 0.3 is 0 Å². The van der Waals surface area contributed by atoms with E-state index in [0.29, 0.717) is 0 Å². The molecule has 8 heteroatoms. The maximum absolute atomic E-state index is 13.2. The van der Waals surface area contributed by atoms with Crippen molar-refractivity contribution < 1.29 is 17.6 Å². The molecule has 0 saturated heterocycles. The molecule has 0 aromatic heterocycles. The quantitative estimate of drug-likeness (QED) is 0.760. The first-order valence-corrected chi connectivity index (χ1v) is 6.95. The standard InChI is InChI=1S/C11H16FN3O3S/c1-7(2)15(6-11(14)16)19(17,18)10-4-8(12)3-9(13)5-10/h3-5,7H,6,13H2,1-2H3,(H2,14,16). The number of sulfonamides is 1. The van der Waals surface area contributed by atoms with Crippen LogP contribution in [-0.2, 0) is 14.8 Å². The molecule has 0 radical (unpaired) electrons. The predicted octanol–water partition coefficient (Wildman–Crippen LogP) is 0.292. The molecule has 0 aliphatic heterocycles. The lowest BCUT2D eigenvalue weighted by molar-refractivity contribution is -0.118. The molecule has 0 atom stereocenters. The van der Waals surface area contributed by atoms with E-state index in [9.17, 15) is 17.6 Å². The summed E-state index contributed by atoms with van der Waals surface area (Å²) in [6, 6.07) is 2.49. The summed E-state index contributed by atoms with van der Waals surface area (Å²) in [4.78, 5) is 10.6. The van der Waals surface area contributed by atoms with E-state index in [4.69, 9.17) is 11.5 Å². The van der Waals surface area contributed by atoms with Crippen molar-refractivity contribution in [3.63, 3.8) is 0 Å². The smallest absolute Gasteiger partial charge is 0.243 e. The Balaban J connectivity index is 3.30. The Morgan fingerprint density at radius 3 is 2.37 bits per heavy atom. The summed E-state index contributed by atoms with van der Waals surface area (Å²) in [7, 11) is -4.03. The minimum atomic E-state index is -4.03. The second kappa shape index (κ2) is 5.54. The SMILES string of the molecule is CC(C)N(CC(N)=O)S(=O)(=O)c1cc(N)cc(F)c1. The van der Waals surface area contributed by atoms with E-state index in [1.165, 1.54) is 0 Å². The Morgan fingerprint density at radius 1 is 1.37 bits per heavy atom. The topological polar surface area (TPSA) is 106 Å². The minimum absolute atomic E-state index is 0.0126. The fraction of sp³-hybridized carbons (Fsp3) is 0.364. The van der Waals surface area contributed by atoms with Crippen LogP contribution in [0.25, 0.3) is 0 Å². The van der Waals surface area contributed by atoms with Crippen LogP contribution in [0.3, 0.4) is 0 Å². The molecule has 106 valence electrons. The Hall–Kier alpha value is -1.67. The van der Waals surface area contributed by atoms with Crippen molar-refractivity contribution in [1.82, 2.24) is 4.31 Å². The van der Waals surface area contributed by atoms with Crippen molar-refractivity contribution in [2.75, 3.05) is 12.3 Å². The number of primary amides is 1. The first-order chi connectivity index (χ1) is 8.64. The van der Waals surface area contributed by atoms with Crippen molar-refractivity contribution in [2.45, 2.75) is 24.8 Å². The molecule has 1 rings (SSSR count). The molecule has 0 saturated carbocycles. The number of hydrogen-bond donors (Lipinski definition) is 2. The molecular formula is C11H16FN3O3S. The summed E-state index contributed by atoms with van der Waals surface area (Å²) in [6.07, 6.45) is 0. The van der Waals surface area contributed by atoms with E-state index in [0.717, 1.165) is 22.5 Å². The van der Waals surface area contributed by atoms with Gasteiger partial charge in [0.15, 0.2) is 0 Å². The number of carbonyl (C=O) groups is 1. The molecule has 4 N–H and O–H groups in total. The Kier molecular flexibility index (Phi) is 4.48. The van der Waals surface area contributed by atoms with Gasteiger partial charge in [0.1, 0.15) is 5.82 Å². The maximum atomic E-state index is 13.2. The Morgan fingerprint density at radius 2 is 1.95 bits per heavy atom.